The van der Waals surface area contributed by atoms with Crippen molar-refractivity contribution >= 4 is 0 Å². The minimum Gasteiger partial charge on any atom is -0.507 e. The molecule has 1 aliphatic rings. The number of phenolic OH excluding ortho intramolecular Hbond substituents is 5. The third-order valence-corrected chi connectivity index (χ3v) is 18.6. The van der Waals surface area contributed by atoms with Gasteiger partial charge in [0.15, 0.2) is 6.29 Å². The van der Waals surface area contributed by atoms with Crippen LogP contribution in [0.15, 0.2) is 54.6 Å². The Bertz CT molecular complexity index is 3240. The third-order valence-electron chi connectivity index (χ3n) is 18.6. The second-order valence-electron chi connectivity index (χ2n) is 23.6. The fourth-order valence-electron chi connectivity index (χ4n) is 13.0. The molecule has 7 aromatic carbocycles. The van der Waals surface area contributed by atoms with E-state index in [1.165, 1.54) is 19.3 Å². The zero-order chi connectivity index (χ0) is 57.3. The highest BCUT2D eigenvalue weighted by Crippen LogP contribution is 2.50. The molecule has 2 atom stereocenters. The van der Waals surface area contributed by atoms with Crippen molar-refractivity contribution in [3.63, 3.8) is 0 Å². The minimum absolute atomic E-state index is 0.185. The highest BCUT2D eigenvalue weighted by atomic mass is 16.7. The van der Waals surface area contributed by atoms with Crippen molar-refractivity contribution in [1.29, 1.82) is 0 Å². The van der Waals surface area contributed by atoms with Crippen molar-refractivity contribution in [2.24, 2.45) is 0 Å². The molecule has 1 aliphatic carbocycles. The topological polar surface area (TPSA) is 120 Å². The Kier molecular flexibility index (Phi) is 16.4. The van der Waals surface area contributed by atoms with Crippen molar-refractivity contribution in [1.82, 2.24) is 0 Å². The first kappa shape index (κ1) is 57.5. The highest BCUT2D eigenvalue weighted by molar-refractivity contribution is 5.66. The van der Waals surface area contributed by atoms with Crippen LogP contribution in [0.2, 0.25) is 0 Å². The van der Waals surface area contributed by atoms with Gasteiger partial charge in [-0.2, -0.15) is 0 Å². The number of aryl methyl sites for hydroxylation is 6. The molecule has 8 rings (SSSR count). The molecule has 1 fully saturated rings. The summed E-state index contributed by atoms with van der Waals surface area (Å²) in [6.07, 6.45) is 5.45. The SMILES string of the molecule is Cc1cc(C(c2cc(C(c3cc(C)c(O)c(C)c3C)c3cc(C)c(O)c(C)c3C)cc(C(c3cc(C)c(O)c(C)c3C)c3cc(C)c(OC(C)OC4CCCCC4)c(C)c3C)c2)c2cc(C)c(O)c(C)c2C)c(C)c(C)c1O. The van der Waals surface area contributed by atoms with Crippen molar-refractivity contribution in [3.8, 4) is 34.5 Å². The van der Waals surface area contributed by atoms with Gasteiger partial charge in [-0.3, -0.25) is 0 Å². The molecule has 0 heterocycles. The van der Waals surface area contributed by atoms with Gasteiger partial charge in [-0.05, 0) is 295 Å². The average molecular weight is 1050 g/mol. The highest BCUT2D eigenvalue weighted by Gasteiger charge is 2.34. The number of rotatable bonds is 13. The lowest BCUT2D eigenvalue weighted by Gasteiger charge is -2.32. The normalized spacial score (nSPS) is 14.0. The fourth-order valence-corrected chi connectivity index (χ4v) is 13.0. The molecule has 0 bridgehead atoms. The molecule has 7 heteroatoms. The number of benzene rings is 7. The van der Waals surface area contributed by atoms with Crippen molar-refractivity contribution in [3.05, 3.63) is 205 Å². The summed E-state index contributed by atoms with van der Waals surface area (Å²) in [5.74, 6) is 1.08. The number of hydrogen-bond donors (Lipinski definition) is 5. The minimum atomic E-state index is -0.429. The Balaban J connectivity index is 1.56. The predicted octanol–water partition coefficient (Wildman–Crippen LogP) is 17.4. The Morgan fingerprint density at radius 2 is 0.564 bits per heavy atom. The second-order valence-corrected chi connectivity index (χ2v) is 23.6. The molecule has 2 unspecified atom stereocenters. The standard InChI is InChI=1S/C71H86O7/c1-34-25-57(40(7)46(13)66(34)72)63(58-26-35(2)67(73)47(14)41(58)8)53-31-54(64(59-27-36(3)68(74)48(15)42(59)9)60-28-37(4)69(75)49(16)43(60)10)33-55(32-53)65(61-29-38(5)70(76)50(17)44(61)11)62-30-39(6)71(51(18)45(62)12)78-52(19)77-56-23-21-20-22-24-56/h25-33,52,56,63-65,72-76H,20-24H2,1-19H3. The van der Waals surface area contributed by atoms with Crippen LogP contribution in [0, 0.1) is 125 Å². The molecule has 1 saturated carbocycles. The van der Waals surface area contributed by atoms with Gasteiger partial charge in [-0.1, -0.05) is 73.9 Å². The molecule has 0 aliphatic heterocycles. The molecule has 5 N–H and O–H groups in total. The lowest BCUT2D eigenvalue weighted by Crippen LogP contribution is -2.26. The van der Waals surface area contributed by atoms with E-state index in [-0.39, 0.29) is 52.6 Å². The maximum atomic E-state index is 11.6. The summed E-state index contributed by atoms with van der Waals surface area (Å²) in [6.45, 7) is 38.9. The van der Waals surface area contributed by atoms with Gasteiger partial charge in [0.2, 0.25) is 0 Å². The molecular formula is C71H86O7. The Morgan fingerprint density at radius 1 is 0.321 bits per heavy atom. The quantitative estimate of drug-likeness (QED) is 0.0576. The van der Waals surface area contributed by atoms with E-state index in [1.807, 2.05) is 76.2 Å². The van der Waals surface area contributed by atoms with E-state index in [0.29, 0.717) is 0 Å². The summed E-state index contributed by atoms with van der Waals surface area (Å²) in [5.41, 5.74) is 25.5. The van der Waals surface area contributed by atoms with Crippen LogP contribution >= 0.6 is 0 Å². The average Bonchev–Trinajstić information content (AvgIpc) is 3.52. The summed E-state index contributed by atoms with van der Waals surface area (Å²) in [4.78, 5) is 0. The Labute approximate surface area is 466 Å². The van der Waals surface area contributed by atoms with Crippen LogP contribution in [-0.2, 0) is 4.74 Å². The second kappa shape index (κ2) is 22.2. The van der Waals surface area contributed by atoms with Gasteiger partial charge in [0.05, 0.1) is 6.10 Å². The summed E-state index contributed by atoms with van der Waals surface area (Å²) in [6, 6.07) is 20.2. The molecule has 78 heavy (non-hydrogen) atoms. The van der Waals surface area contributed by atoms with Crippen molar-refractivity contribution < 1.29 is 35.0 Å². The van der Waals surface area contributed by atoms with E-state index in [0.717, 1.165) is 169 Å². The molecular weight excluding hydrogens is 965 g/mol. The van der Waals surface area contributed by atoms with Crippen LogP contribution in [0.3, 0.4) is 0 Å². The predicted molar refractivity (Wildman–Crippen MR) is 320 cm³/mol. The van der Waals surface area contributed by atoms with E-state index >= 15 is 0 Å². The molecule has 0 amide bonds. The van der Waals surface area contributed by atoms with E-state index in [9.17, 15) is 25.5 Å². The fraction of sp³-hybridized carbons (Fsp3) is 0.408. The molecule has 0 spiro atoms. The third kappa shape index (κ3) is 10.3. The van der Waals surface area contributed by atoms with Gasteiger partial charge in [-0.15, -0.1) is 0 Å². The van der Waals surface area contributed by atoms with Gasteiger partial charge in [0, 0.05) is 17.8 Å². The van der Waals surface area contributed by atoms with Gasteiger partial charge < -0.3 is 35.0 Å². The van der Waals surface area contributed by atoms with Crippen molar-refractivity contribution in [2.45, 2.75) is 194 Å². The smallest absolute Gasteiger partial charge is 0.197 e. The Hall–Kier alpha value is -6.70. The number of ether oxygens (including phenoxy) is 2. The number of aromatic hydroxyl groups is 5. The summed E-state index contributed by atoms with van der Waals surface area (Å²) in [7, 11) is 0. The van der Waals surface area contributed by atoms with E-state index in [2.05, 4.69) is 110 Å². The van der Waals surface area contributed by atoms with Gasteiger partial charge in [0.25, 0.3) is 0 Å². The van der Waals surface area contributed by atoms with E-state index in [4.69, 9.17) is 9.47 Å². The van der Waals surface area contributed by atoms with Crippen LogP contribution in [0.5, 0.6) is 34.5 Å². The van der Waals surface area contributed by atoms with Gasteiger partial charge in [-0.25, -0.2) is 0 Å². The molecule has 0 radical (unpaired) electrons. The zero-order valence-corrected chi connectivity index (χ0v) is 50.2. The lowest BCUT2D eigenvalue weighted by molar-refractivity contribution is -0.117. The Morgan fingerprint density at radius 3 is 0.833 bits per heavy atom. The molecule has 0 aromatic heterocycles. The molecule has 412 valence electrons. The van der Waals surface area contributed by atoms with Crippen LogP contribution < -0.4 is 4.74 Å². The van der Waals surface area contributed by atoms with Crippen molar-refractivity contribution in [2.75, 3.05) is 0 Å². The lowest BCUT2D eigenvalue weighted by atomic mass is 9.72. The maximum Gasteiger partial charge on any atom is 0.197 e. The van der Waals surface area contributed by atoms with Crippen LogP contribution in [0.4, 0.5) is 0 Å². The number of hydrogen-bond acceptors (Lipinski definition) is 7. The first-order chi connectivity index (χ1) is 36.7. The first-order valence-electron chi connectivity index (χ1n) is 28.2. The number of phenols is 5. The van der Waals surface area contributed by atoms with E-state index in [1.54, 1.807) is 0 Å². The van der Waals surface area contributed by atoms with Gasteiger partial charge >= 0.3 is 0 Å². The molecule has 7 nitrogen and oxygen atoms in total. The summed E-state index contributed by atoms with van der Waals surface area (Å²) in [5, 5.41) is 57.7. The van der Waals surface area contributed by atoms with Crippen LogP contribution in [0.1, 0.15) is 207 Å². The van der Waals surface area contributed by atoms with Crippen LogP contribution in [-0.4, -0.2) is 37.9 Å². The first-order valence-corrected chi connectivity index (χ1v) is 28.2. The summed E-state index contributed by atoms with van der Waals surface area (Å²) >= 11 is 0. The van der Waals surface area contributed by atoms with Gasteiger partial charge in [0.1, 0.15) is 34.5 Å². The van der Waals surface area contributed by atoms with E-state index < -0.39 is 6.29 Å². The largest absolute Gasteiger partial charge is 0.507 e. The monoisotopic (exact) mass is 1050 g/mol. The maximum absolute atomic E-state index is 11.6. The molecule has 0 saturated heterocycles. The van der Waals surface area contributed by atoms with Crippen LogP contribution in [0.25, 0.3) is 0 Å². The summed E-state index contributed by atoms with van der Waals surface area (Å²) < 4.78 is 13.4. The zero-order valence-electron chi connectivity index (χ0n) is 50.2. The molecule has 7 aromatic rings.